The molecular weight excluding hydrogens is 394 g/mol. The molecular formula is C21H14ClN3O2S. The largest absolute Gasteiger partial charge is 0.477 e. The topological polar surface area (TPSA) is 70.9 Å². The number of fused-ring (bicyclic) bond motifs is 2. The summed E-state index contributed by atoms with van der Waals surface area (Å²) in [4.78, 5) is 12.2. The number of benzene rings is 2. The van der Waals surface area contributed by atoms with Crippen molar-refractivity contribution in [1.29, 1.82) is 0 Å². The van der Waals surface area contributed by atoms with Gasteiger partial charge in [0, 0.05) is 22.0 Å². The number of carboxylic acid groups (broad SMARTS) is 1. The van der Waals surface area contributed by atoms with Crippen LogP contribution in [0.25, 0.3) is 31.4 Å². The number of nitrogens with one attached hydrogen (secondary N) is 1. The van der Waals surface area contributed by atoms with E-state index in [-0.39, 0.29) is 5.69 Å². The number of aromatic amines is 1. The highest BCUT2D eigenvalue weighted by Crippen LogP contribution is 2.38. The molecule has 0 saturated heterocycles. The van der Waals surface area contributed by atoms with Crippen LogP contribution >= 0.6 is 22.9 Å². The predicted molar refractivity (Wildman–Crippen MR) is 112 cm³/mol. The van der Waals surface area contributed by atoms with Crippen molar-refractivity contribution in [3.63, 3.8) is 0 Å². The molecule has 5 aromatic rings. The summed E-state index contributed by atoms with van der Waals surface area (Å²) in [5.74, 6) is -1.01. The zero-order valence-electron chi connectivity index (χ0n) is 14.5. The van der Waals surface area contributed by atoms with Crippen LogP contribution in [0.5, 0.6) is 0 Å². The van der Waals surface area contributed by atoms with Crippen molar-refractivity contribution >= 4 is 49.9 Å². The first-order chi connectivity index (χ1) is 13.6. The van der Waals surface area contributed by atoms with Crippen molar-refractivity contribution in [2.24, 2.45) is 0 Å². The van der Waals surface area contributed by atoms with Crippen molar-refractivity contribution in [3.05, 3.63) is 77.2 Å². The Labute approximate surface area is 168 Å². The second kappa shape index (κ2) is 6.51. The van der Waals surface area contributed by atoms with Crippen molar-refractivity contribution < 1.29 is 9.90 Å². The molecule has 0 unspecified atom stereocenters. The third kappa shape index (κ3) is 2.87. The van der Waals surface area contributed by atoms with Gasteiger partial charge in [-0.05, 0) is 47.3 Å². The Kier molecular flexibility index (Phi) is 3.96. The number of hydrogen-bond donors (Lipinski definition) is 2. The van der Waals surface area contributed by atoms with E-state index in [0.717, 1.165) is 31.6 Å². The molecule has 5 nitrogen and oxygen atoms in total. The molecule has 0 bridgehead atoms. The highest BCUT2D eigenvalue weighted by Gasteiger charge is 2.11. The van der Waals surface area contributed by atoms with Crippen molar-refractivity contribution in [1.82, 2.24) is 14.8 Å². The van der Waals surface area contributed by atoms with Crippen LogP contribution in [0.1, 0.15) is 16.2 Å². The summed E-state index contributed by atoms with van der Waals surface area (Å²) in [6, 6.07) is 18.1. The van der Waals surface area contributed by atoms with Crippen LogP contribution in [0.4, 0.5) is 0 Å². The van der Waals surface area contributed by atoms with E-state index >= 15 is 0 Å². The molecule has 3 heterocycles. The van der Waals surface area contributed by atoms with Crippen LogP contribution in [0.2, 0.25) is 5.02 Å². The Morgan fingerprint density at radius 2 is 2.04 bits per heavy atom. The molecule has 0 amide bonds. The van der Waals surface area contributed by atoms with E-state index in [9.17, 15) is 4.79 Å². The fraction of sp³-hybridized carbons (Fsp3) is 0.0476. The van der Waals surface area contributed by atoms with E-state index in [2.05, 4.69) is 51.2 Å². The Balaban J connectivity index is 1.50. The summed E-state index contributed by atoms with van der Waals surface area (Å²) in [7, 11) is 0. The number of carboxylic acids is 1. The lowest BCUT2D eigenvalue weighted by atomic mass is 10.1. The molecule has 0 radical (unpaired) electrons. The molecule has 138 valence electrons. The quantitative estimate of drug-likeness (QED) is 0.404. The molecule has 2 N–H and O–H groups in total. The maximum Gasteiger partial charge on any atom is 0.353 e. The molecule has 2 aromatic carbocycles. The molecule has 0 aliphatic carbocycles. The average molecular weight is 408 g/mol. The minimum atomic E-state index is -1.01. The first-order valence-corrected chi connectivity index (χ1v) is 9.83. The Hall–Kier alpha value is -3.09. The summed E-state index contributed by atoms with van der Waals surface area (Å²) in [5, 5.41) is 18.7. The third-order valence-corrected chi connectivity index (χ3v) is 6.41. The number of hydrogen-bond acceptors (Lipinski definition) is 3. The van der Waals surface area contributed by atoms with E-state index in [1.54, 1.807) is 17.4 Å². The van der Waals surface area contributed by atoms with Crippen LogP contribution in [0.3, 0.4) is 0 Å². The molecule has 0 aliphatic rings. The summed E-state index contributed by atoms with van der Waals surface area (Å²) in [5.41, 5.74) is 2.99. The maximum absolute atomic E-state index is 11.0. The third-order valence-electron chi connectivity index (χ3n) is 4.75. The van der Waals surface area contributed by atoms with E-state index < -0.39 is 5.97 Å². The van der Waals surface area contributed by atoms with E-state index in [4.69, 9.17) is 16.7 Å². The monoisotopic (exact) mass is 407 g/mol. The van der Waals surface area contributed by atoms with Crippen LogP contribution in [0, 0.1) is 0 Å². The van der Waals surface area contributed by atoms with Gasteiger partial charge in [0.1, 0.15) is 5.69 Å². The van der Waals surface area contributed by atoms with Gasteiger partial charge in [0.15, 0.2) is 0 Å². The predicted octanol–water partition coefficient (Wildman–Crippen LogP) is 5.65. The fourth-order valence-corrected chi connectivity index (χ4v) is 4.75. The number of aromatic nitrogens is 3. The van der Waals surface area contributed by atoms with Gasteiger partial charge in [-0.2, -0.15) is 5.10 Å². The summed E-state index contributed by atoms with van der Waals surface area (Å²) >= 11 is 8.01. The van der Waals surface area contributed by atoms with E-state index in [1.165, 1.54) is 4.88 Å². The Morgan fingerprint density at radius 3 is 2.82 bits per heavy atom. The maximum atomic E-state index is 11.0. The van der Waals surface area contributed by atoms with Gasteiger partial charge in [-0.25, -0.2) is 4.79 Å². The number of aromatic carboxylic acids is 1. The lowest BCUT2D eigenvalue weighted by Crippen LogP contribution is -1.98. The van der Waals surface area contributed by atoms with Gasteiger partial charge < -0.3 is 9.67 Å². The van der Waals surface area contributed by atoms with Crippen molar-refractivity contribution in [2.75, 3.05) is 0 Å². The molecule has 0 aliphatic heterocycles. The smallest absolute Gasteiger partial charge is 0.353 e. The molecule has 0 atom stereocenters. The minimum Gasteiger partial charge on any atom is -0.477 e. The van der Waals surface area contributed by atoms with Gasteiger partial charge in [0.2, 0.25) is 0 Å². The van der Waals surface area contributed by atoms with Crippen LogP contribution in [-0.4, -0.2) is 25.8 Å². The lowest BCUT2D eigenvalue weighted by molar-refractivity contribution is 0.0690. The van der Waals surface area contributed by atoms with Crippen molar-refractivity contribution in [3.8, 4) is 10.4 Å². The zero-order valence-corrected chi connectivity index (χ0v) is 16.1. The molecule has 0 saturated carbocycles. The molecule has 0 fully saturated rings. The molecule has 7 heteroatoms. The number of nitrogens with zero attached hydrogens (tertiary/aromatic N) is 2. The Bertz CT molecular complexity index is 1350. The number of rotatable bonds is 4. The number of thiophene rings is 1. The lowest BCUT2D eigenvalue weighted by Gasteiger charge is -2.04. The van der Waals surface area contributed by atoms with Crippen LogP contribution < -0.4 is 0 Å². The average Bonchev–Trinajstić information content (AvgIpc) is 3.40. The normalized spacial score (nSPS) is 11.5. The number of carbonyl (C=O) groups is 1. The SMILES string of the molecule is O=C(O)c1cc(Cn2ccc3cc(-c4cc5cccc(Cl)c5s4)ccc32)n[nH]1. The number of H-pyrrole nitrogens is 1. The highest BCUT2D eigenvalue weighted by atomic mass is 35.5. The standard InChI is InChI=1S/C21H14ClN3O2S/c22-16-3-1-2-14-9-19(28-20(14)16)13-4-5-18-12(8-13)6-7-25(18)11-15-10-17(21(26)27)24-23-15/h1-10H,11H2,(H,23,24)(H,26,27). The molecule has 5 rings (SSSR count). The van der Waals surface area contributed by atoms with E-state index in [0.29, 0.717) is 12.2 Å². The molecule has 28 heavy (non-hydrogen) atoms. The van der Waals surface area contributed by atoms with Gasteiger partial charge in [-0.15, -0.1) is 11.3 Å². The van der Waals surface area contributed by atoms with Crippen molar-refractivity contribution in [2.45, 2.75) is 6.54 Å². The van der Waals surface area contributed by atoms with E-state index in [1.807, 2.05) is 18.3 Å². The Morgan fingerprint density at radius 1 is 1.14 bits per heavy atom. The summed E-state index contributed by atoms with van der Waals surface area (Å²) < 4.78 is 3.16. The molecule has 0 spiro atoms. The minimum absolute atomic E-state index is 0.0946. The highest BCUT2D eigenvalue weighted by molar-refractivity contribution is 7.22. The van der Waals surface area contributed by atoms with Crippen LogP contribution in [0.15, 0.2) is 60.8 Å². The van der Waals surface area contributed by atoms with Gasteiger partial charge in [0.25, 0.3) is 0 Å². The first-order valence-electron chi connectivity index (χ1n) is 8.63. The van der Waals surface area contributed by atoms with Gasteiger partial charge in [0.05, 0.1) is 22.0 Å². The second-order valence-electron chi connectivity index (χ2n) is 6.56. The summed E-state index contributed by atoms with van der Waals surface area (Å²) in [6.45, 7) is 0.505. The first kappa shape index (κ1) is 17.0. The number of halogens is 1. The van der Waals surface area contributed by atoms with Gasteiger partial charge in [-0.3, -0.25) is 5.10 Å². The van der Waals surface area contributed by atoms with Gasteiger partial charge >= 0.3 is 5.97 Å². The summed E-state index contributed by atoms with van der Waals surface area (Å²) in [6.07, 6.45) is 1.99. The molecule has 3 aromatic heterocycles. The van der Waals surface area contributed by atoms with Gasteiger partial charge in [-0.1, -0.05) is 29.8 Å². The van der Waals surface area contributed by atoms with Crippen LogP contribution in [-0.2, 0) is 6.54 Å². The second-order valence-corrected chi connectivity index (χ2v) is 8.02. The fourth-order valence-electron chi connectivity index (χ4n) is 3.39. The zero-order chi connectivity index (χ0) is 19.3.